The molecule has 2 aliphatic rings. The summed E-state index contributed by atoms with van der Waals surface area (Å²) in [4.78, 5) is 11.8. The molecule has 19 heavy (non-hydrogen) atoms. The largest absolute Gasteiger partial charge is 0.376 e. The van der Waals surface area contributed by atoms with E-state index in [4.69, 9.17) is 10.5 Å². The van der Waals surface area contributed by atoms with Gasteiger partial charge in [-0.1, -0.05) is 25.7 Å². The molecule has 2 rings (SSSR count). The van der Waals surface area contributed by atoms with Crippen molar-refractivity contribution in [2.24, 2.45) is 11.7 Å². The SMILES string of the molecule is N[C@@H]1CCC[C@H]1CC(=O)NCCOC1CCCCC1. The number of nitrogens with one attached hydrogen (secondary N) is 1. The molecule has 1 amide bonds. The number of nitrogens with two attached hydrogens (primary N) is 1. The normalized spacial score (nSPS) is 28.5. The fourth-order valence-electron chi connectivity index (χ4n) is 3.28. The monoisotopic (exact) mass is 268 g/mol. The molecule has 0 spiro atoms. The van der Waals surface area contributed by atoms with E-state index in [9.17, 15) is 4.79 Å². The quantitative estimate of drug-likeness (QED) is 0.724. The highest BCUT2D eigenvalue weighted by Gasteiger charge is 2.25. The van der Waals surface area contributed by atoms with Crippen LogP contribution in [0.2, 0.25) is 0 Å². The zero-order valence-corrected chi connectivity index (χ0v) is 11.9. The number of carbonyl (C=O) groups is 1. The van der Waals surface area contributed by atoms with Gasteiger partial charge < -0.3 is 15.8 Å². The van der Waals surface area contributed by atoms with Gasteiger partial charge in [0.15, 0.2) is 0 Å². The maximum Gasteiger partial charge on any atom is 0.220 e. The summed E-state index contributed by atoms with van der Waals surface area (Å²) in [5.41, 5.74) is 5.97. The molecule has 0 aromatic heterocycles. The first kappa shape index (κ1) is 14.8. The van der Waals surface area contributed by atoms with Crippen molar-refractivity contribution in [3.05, 3.63) is 0 Å². The predicted octanol–water partition coefficient (Wildman–Crippen LogP) is 1.97. The van der Waals surface area contributed by atoms with Crippen LogP contribution in [0.3, 0.4) is 0 Å². The minimum Gasteiger partial charge on any atom is -0.376 e. The standard InChI is InChI=1S/C15H28N2O2/c16-14-8-4-5-12(14)11-15(18)17-9-10-19-13-6-2-1-3-7-13/h12-14H,1-11,16H2,(H,17,18)/t12-,14+/m0/s1. The second kappa shape index (κ2) is 7.85. The number of rotatable bonds is 6. The van der Waals surface area contributed by atoms with Crippen molar-refractivity contribution < 1.29 is 9.53 Å². The summed E-state index contributed by atoms with van der Waals surface area (Å²) in [5, 5.41) is 2.95. The molecule has 0 aromatic carbocycles. The van der Waals surface area contributed by atoms with Crippen LogP contribution in [0.4, 0.5) is 0 Å². The Morgan fingerprint density at radius 1 is 1.11 bits per heavy atom. The minimum atomic E-state index is 0.134. The van der Waals surface area contributed by atoms with E-state index in [1.807, 2.05) is 0 Å². The van der Waals surface area contributed by atoms with E-state index < -0.39 is 0 Å². The molecule has 4 nitrogen and oxygen atoms in total. The van der Waals surface area contributed by atoms with Crippen LogP contribution in [0.5, 0.6) is 0 Å². The Hall–Kier alpha value is -0.610. The van der Waals surface area contributed by atoms with Crippen molar-refractivity contribution in [1.82, 2.24) is 5.32 Å². The maximum atomic E-state index is 11.8. The molecule has 4 heteroatoms. The van der Waals surface area contributed by atoms with Crippen LogP contribution in [0.1, 0.15) is 57.8 Å². The van der Waals surface area contributed by atoms with Crippen LogP contribution in [-0.4, -0.2) is 31.2 Å². The van der Waals surface area contributed by atoms with Crippen LogP contribution in [0, 0.1) is 5.92 Å². The molecular formula is C15H28N2O2. The van der Waals surface area contributed by atoms with Gasteiger partial charge in [0.25, 0.3) is 0 Å². The molecule has 0 saturated heterocycles. The van der Waals surface area contributed by atoms with Gasteiger partial charge in [-0.2, -0.15) is 0 Å². The van der Waals surface area contributed by atoms with Crippen molar-refractivity contribution in [1.29, 1.82) is 0 Å². The molecule has 2 atom stereocenters. The summed E-state index contributed by atoms with van der Waals surface area (Å²) in [6.45, 7) is 1.28. The molecule has 0 unspecified atom stereocenters. The van der Waals surface area contributed by atoms with Gasteiger partial charge in [-0.25, -0.2) is 0 Å². The molecule has 2 aliphatic carbocycles. The van der Waals surface area contributed by atoms with E-state index in [1.54, 1.807) is 0 Å². The molecule has 0 aromatic rings. The summed E-state index contributed by atoms with van der Waals surface area (Å²) >= 11 is 0. The summed E-state index contributed by atoms with van der Waals surface area (Å²) in [6.07, 6.45) is 10.7. The van der Waals surface area contributed by atoms with E-state index in [0.717, 1.165) is 12.8 Å². The number of amides is 1. The van der Waals surface area contributed by atoms with E-state index in [2.05, 4.69) is 5.32 Å². The Morgan fingerprint density at radius 2 is 1.89 bits per heavy atom. The Bertz CT molecular complexity index is 277. The lowest BCUT2D eigenvalue weighted by Gasteiger charge is -2.22. The molecule has 0 heterocycles. The van der Waals surface area contributed by atoms with Crippen LogP contribution < -0.4 is 11.1 Å². The van der Waals surface area contributed by atoms with Gasteiger partial charge in [-0.15, -0.1) is 0 Å². The maximum absolute atomic E-state index is 11.8. The lowest BCUT2D eigenvalue weighted by Crippen LogP contribution is -2.33. The molecule has 0 aliphatic heterocycles. The predicted molar refractivity (Wildman–Crippen MR) is 75.8 cm³/mol. The van der Waals surface area contributed by atoms with Crippen LogP contribution in [-0.2, 0) is 9.53 Å². The fourth-order valence-corrected chi connectivity index (χ4v) is 3.28. The smallest absolute Gasteiger partial charge is 0.220 e. The van der Waals surface area contributed by atoms with Crippen molar-refractivity contribution in [3.63, 3.8) is 0 Å². The van der Waals surface area contributed by atoms with E-state index in [0.29, 0.717) is 31.6 Å². The molecule has 3 N–H and O–H groups in total. The third kappa shape index (κ3) is 5.11. The average molecular weight is 268 g/mol. The lowest BCUT2D eigenvalue weighted by molar-refractivity contribution is -0.122. The number of ether oxygens (including phenoxy) is 1. The van der Waals surface area contributed by atoms with Gasteiger partial charge in [0.2, 0.25) is 5.91 Å². The van der Waals surface area contributed by atoms with E-state index in [1.165, 1.54) is 38.5 Å². The van der Waals surface area contributed by atoms with Crippen LogP contribution in [0.15, 0.2) is 0 Å². The van der Waals surface area contributed by atoms with Gasteiger partial charge in [-0.05, 0) is 31.6 Å². The van der Waals surface area contributed by atoms with Gasteiger partial charge in [0.1, 0.15) is 0 Å². The molecule has 2 saturated carbocycles. The average Bonchev–Trinajstić information content (AvgIpc) is 2.82. The van der Waals surface area contributed by atoms with Crippen molar-refractivity contribution in [2.75, 3.05) is 13.2 Å². The molecule has 0 bridgehead atoms. The summed E-state index contributed by atoms with van der Waals surface area (Å²) < 4.78 is 5.79. The highest BCUT2D eigenvalue weighted by atomic mass is 16.5. The zero-order chi connectivity index (χ0) is 13.5. The van der Waals surface area contributed by atoms with Crippen LogP contribution in [0.25, 0.3) is 0 Å². The van der Waals surface area contributed by atoms with Gasteiger partial charge in [-0.3, -0.25) is 4.79 Å². The summed E-state index contributed by atoms with van der Waals surface area (Å²) in [6, 6.07) is 0.226. The Labute approximate surface area is 116 Å². The molecular weight excluding hydrogens is 240 g/mol. The highest BCUT2D eigenvalue weighted by molar-refractivity contribution is 5.76. The first-order valence-electron chi connectivity index (χ1n) is 7.89. The molecule has 110 valence electrons. The first-order valence-corrected chi connectivity index (χ1v) is 7.89. The highest BCUT2D eigenvalue weighted by Crippen LogP contribution is 2.26. The topological polar surface area (TPSA) is 64.4 Å². The first-order chi connectivity index (χ1) is 9.25. The summed E-state index contributed by atoms with van der Waals surface area (Å²) in [7, 11) is 0. The molecule has 2 fully saturated rings. The van der Waals surface area contributed by atoms with Crippen molar-refractivity contribution in [3.8, 4) is 0 Å². The lowest BCUT2D eigenvalue weighted by atomic mass is 9.98. The Morgan fingerprint density at radius 3 is 2.58 bits per heavy atom. The van der Waals surface area contributed by atoms with Crippen LogP contribution >= 0.6 is 0 Å². The third-order valence-electron chi connectivity index (χ3n) is 4.50. The third-order valence-corrected chi connectivity index (χ3v) is 4.50. The second-order valence-electron chi connectivity index (χ2n) is 6.04. The summed E-state index contributed by atoms with van der Waals surface area (Å²) in [5.74, 6) is 0.522. The number of carbonyl (C=O) groups excluding carboxylic acids is 1. The van der Waals surface area contributed by atoms with E-state index >= 15 is 0 Å². The van der Waals surface area contributed by atoms with Crippen molar-refractivity contribution in [2.45, 2.75) is 69.9 Å². The van der Waals surface area contributed by atoms with Gasteiger partial charge >= 0.3 is 0 Å². The zero-order valence-electron chi connectivity index (χ0n) is 11.9. The molecule has 0 radical (unpaired) electrons. The minimum absolute atomic E-state index is 0.134. The van der Waals surface area contributed by atoms with Gasteiger partial charge in [0.05, 0.1) is 12.7 Å². The number of hydrogen-bond acceptors (Lipinski definition) is 3. The van der Waals surface area contributed by atoms with E-state index in [-0.39, 0.29) is 11.9 Å². The van der Waals surface area contributed by atoms with Crippen molar-refractivity contribution >= 4 is 5.91 Å². The number of hydrogen-bond donors (Lipinski definition) is 2. The Balaban J connectivity index is 1.51. The Kier molecular flexibility index (Phi) is 6.11. The second-order valence-corrected chi connectivity index (χ2v) is 6.04. The van der Waals surface area contributed by atoms with Gasteiger partial charge in [0, 0.05) is 19.0 Å². The fraction of sp³-hybridized carbons (Fsp3) is 0.933.